The van der Waals surface area contributed by atoms with Crippen molar-refractivity contribution in [1.82, 2.24) is 15.8 Å². The van der Waals surface area contributed by atoms with E-state index in [4.69, 9.17) is 9.47 Å². The number of ether oxygens (including phenoxy) is 2. The van der Waals surface area contributed by atoms with Gasteiger partial charge in [0, 0.05) is 18.5 Å². The zero-order chi connectivity index (χ0) is 24.0. The van der Waals surface area contributed by atoms with Crippen molar-refractivity contribution >= 4 is 23.6 Å². The topological polar surface area (TPSA) is 114 Å². The van der Waals surface area contributed by atoms with Crippen molar-refractivity contribution in [2.24, 2.45) is 17.8 Å². The van der Waals surface area contributed by atoms with Gasteiger partial charge in [0.2, 0.25) is 17.7 Å². The Morgan fingerprint density at radius 3 is 2.33 bits per heavy atom. The molecule has 0 aromatic heterocycles. The molecule has 2 aliphatic rings. The molecule has 2 atom stereocenters. The minimum absolute atomic E-state index is 0.0165. The van der Waals surface area contributed by atoms with Crippen LogP contribution in [0.2, 0.25) is 0 Å². The predicted octanol–water partition coefficient (Wildman–Crippen LogP) is 2.45. The molecule has 9 heteroatoms. The van der Waals surface area contributed by atoms with Crippen LogP contribution < -0.4 is 20.3 Å². The molecule has 2 N–H and O–H groups in total. The molecule has 1 saturated heterocycles. The summed E-state index contributed by atoms with van der Waals surface area (Å²) in [5.74, 6) is -0.356. The number of nitrogens with zero attached hydrogens (tertiary/aromatic N) is 1. The van der Waals surface area contributed by atoms with Crippen LogP contribution in [0.5, 0.6) is 11.5 Å². The van der Waals surface area contributed by atoms with Gasteiger partial charge in [0.05, 0.1) is 25.6 Å². The molecule has 3 rings (SSSR count). The summed E-state index contributed by atoms with van der Waals surface area (Å²) in [6, 6.07) is 4.77. The third-order valence-electron chi connectivity index (χ3n) is 6.19. The minimum atomic E-state index is -0.519. The Hall–Kier alpha value is -3.10. The molecule has 180 valence electrons. The highest BCUT2D eigenvalue weighted by atomic mass is 16.5. The molecule has 0 bridgehead atoms. The molecular formula is C24H33N3O6. The monoisotopic (exact) mass is 459 g/mol. The van der Waals surface area contributed by atoms with Gasteiger partial charge in [-0.25, -0.2) is 0 Å². The summed E-state index contributed by atoms with van der Waals surface area (Å²) in [6.07, 6.45) is 4.20. The first-order valence-electron chi connectivity index (χ1n) is 11.6. The largest absolute Gasteiger partial charge is 0.493 e. The lowest BCUT2D eigenvalue weighted by Crippen LogP contribution is -2.43. The molecule has 1 aromatic rings. The van der Waals surface area contributed by atoms with E-state index < -0.39 is 11.8 Å². The molecule has 0 unspecified atom stereocenters. The van der Waals surface area contributed by atoms with E-state index in [0.717, 1.165) is 32.1 Å². The number of hydrazine groups is 1. The van der Waals surface area contributed by atoms with Gasteiger partial charge in [-0.15, -0.1) is 0 Å². The van der Waals surface area contributed by atoms with Gasteiger partial charge in [0.15, 0.2) is 11.5 Å². The first kappa shape index (κ1) is 24.5. The van der Waals surface area contributed by atoms with Gasteiger partial charge in [0.25, 0.3) is 5.91 Å². The molecule has 2 fully saturated rings. The summed E-state index contributed by atoms with van der Waals surface area (Å²) in [5.41, 5.74) is 4.98. The summed E-state index contributed by atoms with van der Waals surface area (Å²) < 4.78 is 11.0. The number of carbonyl (C=O) groups excluding carboxylic acids is 4. The van der Waals surface area contributed by atoms with Gasteiger partial charge >= 0.3 is 0 Å². The van der Waals surface area contributed by atoms with Crippen LogP contribution in [0, 0.1) is 17.8 Å². The minimum Gasteiger partial charge on any atom is -0.493 e. The number of benzene rings is 1. The smallest absolute Gasteiger partial charge is 0.269 e. The SMILES string of the molecule is COc1cc(C(=O)NNC(=O)CCN2C(=O)[C@H]3CCCC[C@@H]3C2=O)ccc1OCCC(C)C. The maximum absolute atomic E-state index is 12.5. The lowest BCUT2D eigenvalue weighted by Gasteiger charge is -2.19. The summed E-state index contributed by atoms with van der Waals surface area (Å²) in [5, 5.41) is 0. The fourth-order valence-corrected chi connectivity index (χ4v) is 4.26. The van der Waals surface area contributed by atoms with E-state index in [1.807, 2.05) is 0 Å². The van der Waals surface area contributed by atoms with Crippen molar-refractivity contribution in [1.29, 1.82) is 0 Å². The van der Waals surface area contributed by atoms with Gasteiger partial charge in [0.1, 0.15) is 0 Å². The number of carbonyl (C=O) groups is 4. The highest BCUT2D eigenvalue weighted by Gasteiger charge is 2.47. The van der Waals surface area contributed by atoms with Crippen molar-refractivity contribution in [3.05, 3.63) is 23.8 Å². The summed E-state index contributed by atoms with van der Waals surface area (Å²) in [4.78, 5) is 50.8. The van der Waals surface area contributed by atoms with Gasteiger partial charge in [-0.05, 0) is 43.4 Å². The standard InChI is InChI=1S/C24H33N3O6/c1-15(2)11-13-33-19-9-8-16(14-20(19)32-3)22(29)26-25-21(28)10-12-27-23(30)17-6-4-5-7-18(17)24(27)31/h8-9,14-15,17-18H,4-7,10-13H2,1-3H3,(H,25,28)(H,26,29)/t17-,18-/m0/s1. The van der Waals surface area contributed by atoms with E-state index in [1.165, 1.54) is 18.1 Å². The van der Waals surface area contributed by atoms with Crippen LogP contribution in [0.4, 0.5) is 0 Å². The maximum Gasteiger partial charge on any atom is 0.269 e. The summed E-state index contributed by atoms with van der Waals surface area (Å²) in [7, 11) is 1.49. The molecule has 9 nitrogen and oxygen atoms in total. The van der Waals surface area contributed by atoms with E-state index in [2.05, 4.69) is 24.7 Å². The van der Waals surface area contributed by atoms with E-state index in [0.29, 0.717) is 24.0 Å². The Kier molecular flexibility index (Phi) is 8.30. The van der Waals surface area contributed by atoms with E-state index in [9.17, 15) is 19.2 Å². The second-order valence-corrected chi connectivity index (χ2v) is 8.97. The van der Waals surface area contributed by atoms with Crippen LogP contribution in [-0.4, -0.2) is 48.8 Å². The fraction of sp³-hybridized carbons (Fsp3) is 0.583. The maximum atomic E-state index is 12.5. The number of likely N-dealkylation sites (tertiary alicyclic amines) is 1. The van der Waals surface area contributed by atoms with Crippen molar-refractivity contribution in [2.45, 2.75) is 52.4 Å². The lowest BCUT2D eigenvalue weighted by molar-refractivity contribution is -0.140. The van der Waals surface area contributed by atoms with Crippen LogP contribution in [0.15, 0.2) is 18.2 Å². The van der Waals surface area contributed by atoms with Crippen molar-refractivity contribution < 1.29 is 28.7 Å². The molecule has 33 heavy (non-hydrogen) atoms. The average Bonchev–Trinajstić information content (AvgIpc) is 3.05. The predicted molar refractivity (Wildman–Crippen MR) is 120 cm³/mol. The van der Waals surface area contributed by atoms with Crippen LogP contribution in [0.25, 0.3) is 0 Å². The Morgan fingerprint density at radius 1 is 1.06 bits per heavy atom. The van der Waals surface area contributed by atoms with Crippen LogP contribution in [-0.2, 0) is 14.4 Å². The molecule has 1 heterocycles. The van der Waals surface area contributed by atoms with Crippen molar-refractivity contribution in [3.63, 3.8) is 0 Å². The first-order valence-corrected chi connectivity index (χ1v) is 11.6. The molecule has 0 radical (unpaired) electrons. The number of hydrogen-bond acceptors (Lipinski definition) is 6. The normalized spacial score (nSPS) is 19.9. The van der Waals surface area contributed by atoms with Gasteiger partial charge in [-0.2, -0.15) is 0 Å². The van der Waals surface area contributed by atoms with Crippen molar-refractivity contribution in [3.8, 4) is 11.5 Å². The van der Waals surface area contributed by atoms with Crippen LogP contribution >= 0.6 is 0 Å². The number of amides is 4. The molecule has 1 aliphatic heterocycles. The number of fused-ring (bicyclic) bond motifs is 1. The van der Waals surface area contributed by atoms with Crippen LogP contribution in [0.1, 0.15) is 62.7 Å². The Labute approximate surface area is 194 Å². The highest BCUT2D eigenvalue weighted by molar-refractivity contribution is 6.05. The summed E-state index contributed by atoms with van der Waals surface area (Å²) >= 11 is 0. The highest BCUT2D eigenvalue weighted by Crippen LogP contribution is 2.38. The Balaban J connectivity index is 1.47. The molecule has 4 amide bonds. The molecule has 1 aromatic carbocycles. The average molecular weight is 460 g/mol. The van der Waals surface area contributed by atoms with E-state index in [-0.39, 0.29) is 42.2 Å². The zero-order valence-corrected chi connectivity index (χ0v) is 19.5. The molecular weight excluding hydrogens is 426 g/mol. The van der Waals surface area contributed by atoms with Crippen LogP contribution in [0.3, 0.4) is 0 Å². The number of imide groups is 1. The first-order chi connectivity index (χ1) is 15.8. The molecule has 1 saturated carbocycles. The third-order valence-corrected chi connectivity index (χ3v) is 6.19. The van der Waals surface area contributed by atoms with Gasteiger partial charge < -0.3 is 9.47 Å². The zero-order valence-electron chi connectivity index (χ0n) is 19.5. The fourth-order valence-electron chi connectivity index (χ4n) is 4.26. The number of hydrogen-bond donors (Lipinski definition) is 2. The number of rotatable bonds is 9. The Morgan fingerprint density at radius 2 is 1.73 bits per heavy atom. The lowest BCUT2D eigenvalue weighted by atomic mass is 9.81. The van der Waals surface area contributed by atoms with E-state index >= 15 is 0 Å². The number of methoxy groups -OCH3 is 1. The third kappa shape index (κ3) is 6.03. The second-order valence-electron chi connectivity index (χ2n) is 8.97. The van der Waals surface area contributed by atoms with Crippen molar-refractivity contribution in [2.75, 3.05) is 20.3 Å². The molecule has 0 spiro atoms. The second kappa shape index (κ2) is 11.2. The summed E-state index contributed by atoms with van der Waals surface area (Å²) in [6.45, 7) is 4.77. The quantitative estimate of drug-likeness (QED) is 0.433. The Bertz CT molecular complexity index is 876. The van der Waals surface area contributed by atoms with E-state index in [1.54, 1.807) is 12.1 Å². The van der Waals surface area contributed by atoms with Gasteiger partial charge in [-0.1, -0.05) is 26.7 Å². The number of nitrogens with one attached hydrogen (secondary N) is 2. The molecule has 1 aliphatic carbocycles. The van der Waals surface area contributed by atoms with Gasteiger partial charge in [-0.3, -0.25) is 34.9 Å².